The highest BCUT2D eigenvalue weighted by Gasteiger charge is 1.99. The minimum absolute atomic E-state index is 0. The molecule has 1 aromatic carbocycles. The lowest BCUT2D eigenvalue weighted by Gasteiger charge is -2.16. The quantitative estimate of drug-likeness (QED) is 0.350. The number of hydrogen-bond donors (Lipinski definition) is 2. The number of aliphatic imine (C=N–C) groups is 1. The minimum atomic E-state index is 0. The fourth-order valence-electron chi connectivity index (χ4n) is 1.62. The molecule has 0 bridgehead atoms. The number of nitrogens with one attached hydrogen (secondary N) is 1. The summed E-state index contributed by atoms with van der Waals surface area (Å²) in [6, 6.07) is 10.5. The number of rotatable bonds is 6. The Kier molecular flexibility index (Phi) is 9.67. The molecular formula is C13H23IN4. The van der Waals surface area contributed by atoms with Gasteiger partial charge in [0, 0.05) is 20.1 Å². The lowest BCUT2D eigenvalue weighted by Crippen LogP contribution is -2.33. The van der Waals surface area contributed by atoms with Crippen LogP contribution in [0.2, 0.25) is 0 Å². The van der Waals surface area contributed by atoms with E-state index in [9.17, 15) is 0 Å². The Morgan fingerprint density at radius 2 is 2.00 bits per heavy atom. The Morgan fingerprint density at radius 1 is 1.33 bits per heavy atom. The molecule has 0 atom stereocenters. The molecule has 0 aliphatic heterocycles. The van der Waals surface area contributed by atoms with Crippen molar-refractivity contribution in [3.63, 3.8) is 0 Å². The third kappa shape index (κ3) is 7.50. The zero-order valence-electron chi connectivity index (χ0n) is 11.1. The molecule has 0 spiro atoms. The second-order valence-electron chi connectivity index (χ2n) is 4.11. The van der Waals surface area contributed by atoms with E-state index in [1.54, 1.807) is 7.05 Å². The first-order chi connectivity index (χ1) is 8.22. The highest BCUT2D eigenvalue weighted by Crippen LogP contribution is 2.02. The molecule has 0 unspecified atom stereocenters. The molecule has 0 aliphatic rings. The van der Waals surface area contributed by atoms with Gasteiger partial charge in [0.2, 0.25) is 0 Å². The maximum absolute atomic E-state index is 5.54. The van der Waals surface area contributed by atoms with Gasteiger partial charge in [0.15, 0.2) is 5.96 Å². The van der Waals surface area contributed by atoms with Gasteiger partial charge in [-0.25, -0.2) is 0 Å². The van der Waals surface area contributed by atoms with Gasteiger partial charge in [0.25, 0.3) is 0 Å². The molecule has 0 radical (unpaired) electrons. The molecule has 5 heteroatoms. The van der Waals surface area contributed by atoms with Gasteiger partial charge in [-0.2, -0.15) is 0 Å². The predicted octanol–water partition coefficient (Wildman–Crippen LogP) is 1.66. The van der Waals surface area contributed by atoms with Gasteiger partial charge in [0.1, 0.15) is 0 Å². The summed E-state index contributed by atoms with van der Waals surface area (Å²) >= 11 is 0. The highest BCUT2D eigenvalue weighted by atomic mass is 127. The molecule has 0 heterocycles. The summed E-state index contributed by atoms with van der Waals surface area (Å²) in [6.45, 7) is 2.89. The van der Waals surface area contributed by atoms with E-state index in [-0.39, 0.29) is 24.0 Å². The largest absolute Gasteiger partial charge is 0.370 e. The summed E-state index contributed by atoms with van der Waals surface area (Å²) in [6.07, 6.45) is 1.06. The number of benzene rings is 1. The average Bonchev–Trinajstić information content (AvgIpc) is 2.35. The van der Waals surface area contributed by atoms with Crippen LogP contribution in [0.5, 0.6) is 0 Å². The monoisotopic (exact) mass is 362 g/mol. The summed E-state index contributed by atoms with van der Waals surface area (Å²) in [5.41, 5.74) is 6.88. The summed E-state index contributed by atoms with van der Waals surface area (Å²) in [7, 11) is 3.81. The van der Waals surface area contributed by atoms with Crippen LogP contribution in [-0.2, 0) is 6.54 Å². The third-order valence-corrected chi connectivity index (χ3v) is 2.56. The molecule has 0 saturated carbocycles. The van der Waals surface area contributed by atoms with Crippen LogP contribution in [0, 0.1) is 0 Å². The molecule has 0 aromatic heterocycles. The fourth-order valence-corrected chi connectivity index (χ4v) is 1.62. The average molecular weight is 362 g/mol. The molecule has 3 N–H and O–H groups in total. The molecule has 0 saturated heterocycles. The predicted molar refractivity (Wildman–Crippen MR) is 88.4 cm³/mol. The maximum Gasteiger partial charge on any atom is 0.188 e. The molecule has 18 heavy (non-hydrogen) atoms. The van der Waals surface area contributed by atoms with Crippen LogP contribution in [-0.4, -0.2) is 38.0 Å². The highest BCUT2D eigenvalue weighted by molar-refractivity contribution is 14.0. The van der Waals surface area contributed by atoms with Crippen molar-refractivity contribution in [1.82, 2.24) is 10.2 Å². The van der Waals surface area contributed by atoms with Crippen molar-refractivity contribution in [2.45, 2.75) is 13.0 Å². The summed E-state index contributed by atoms with van der Waals surface area (Å²) in [5.74, 6) is 0.510. The van der Waals surface area contributed by atoms with Crippen LogP contribution in [0.4, 0.5) is 0 Å². The van der Waals surface area contributed by atoms with Gasteiger partial charge in [0.05, 0.1) is 0 Å². The lowest BCUT2D eigenvalue weighted by atomic mass is 10.2. The lowest BCUT2D eigenvalue weighted by molar-refractivity contribution is 0.322. The van der Waals surface area contributed by atoms with Crippen molar-refractivity contribution >= 4 is 29.9 Å². The van der Waals surface area contributed by atoms with Crippen molar-refractivity contribution in [2.75, 3.05) is 27.2 Å². The van der Waals surface area contributed by atoms with Crippen LogP contribution in [0.3, 0.4) is 0 Å². The topological polar surface area (TPSA) is 53.6 Å². The SMILES string of the molecule is CN=C(N)NCCCN(C)Cc1ccccc1.I. The molecular weight excluding hydrogens is 339 g/mol. The van der Waals surface area contributed by atoms with Crippen molar-refractivity contribution in [3.05, 3.63) is 35.9 Å². The van der Waals surface area contributed by atoms with Crippen LogP contribution in [0.15, 0.2) is 35.3 Å². The molecule has 1 aromatic rings. The smallest absolute Gasteiger partial charge is 0.188 e. The molecule has 0 amide bonds. The van der Waals surface area contributed by atoms with Gasteiger partial charge in [-0.3, -0.25) is 4.99 Å². The maximum atomic E-state index is 5.54. The first-order valence-corrected chi connectivity index (χ1v) is 5.91. The standard InChI is InChI=1S/C13H22N4.HI/c1-15-13(14)16-9-6-10-17(2)11-12-7-4-3-5-8-12;/h3-5,7-8H,6,9-11H2,1-2H3,(H3,14,15,16);1H. The molecule has 102 valence electrons. The Bertz CT molecular complexity index is 340. The number of nitrogens with two attached hydrogens (primary N) is 1. The number of guanidine groups is 1. The minimum Gasteiger partial charge on any atom is -0.370 e. The van der Waals surface area contributed by atoms with E-state index in [0.717, 1.165) is 26.1 Å². The summed E-state index contributed by atoms with van der Waals surface area (Å²) in [5, 5.41) is 3.05. The normalized spacial score (nSPS) is 11.2. The zero-order valence-corrected chi connectivity index (χ0v) is 13.4. The first kappa shape index (κ1) is 17.2. The van der Waals surface area contributed by atoms with Gasteiger partial charge in [-0.15, -0.1) is 24.0 Å². The first-order valence-electron chi connectivity index (χ1n) is 5.91. The molecule has 4 nitrogen and oxygen atoms in total. The molecule has 1 rings (SSSR count). The number of hydrogen-bond acceptors (Lipinski definition) is 2. The van der Waals surface area contributed by atoms with Crippen LogP contribution < -0.4 is 11.1 Å². The van der Waals surface area contributed by atoms with E-state index in [4.69, 9.17) is 5.73 Å². The van der Waals surface area contributed by atoms with E-state index < -0.39 is 0 Å². The Morgan fingerprint density at radius 3 is 2.61 bits per heavy atom. The third-order valence-electron chi connectivity index (χ3n) is 2.56. The van der Waals surface area contributed by atoms with Gasteiger partial charge >= 0.3 is 0 Å². The second-order valence-corrected chi connectivity index (χ2v) is 4.11. The van der Waals surface area contributed by atoms with Crippen LogP contribution >= 0.6 is 24.0 Å². The van der Waals surface area contributed by atoms with E-state index in [1.807, 2.05) is 6.07 Å². The van der Waals surface area contributed by atoms with E-state index in [2.05, 4.69) is 46.5 Å². The van der Waals surface area contributed by atoms with E-state index >= 15 is 0 Å². The van der Waals surface area contributed by atoms with Crippen LogP contribution in [0.25, 0.3) is 0 Å². The number of nitrogens with zero attached hydrogens (tertiary/aromatic N) is 2. The van der Waals surface area contributed by atoms with E-state index in [0.29, 0.717) is 5.96 Å². The molecule has 0 fully saturated rings. The second kappa shape index (κ2) is 10.1. The zero-order chi connectivity index (χ0) is 12.5. The van der Waals surface area contributed by atoms with Crippen molar-refractivity contribution in [3.8, 4) is 0 Å². The van der Waals surface area contributed by atoms with Crippen molar-refractivity contribution in [1.29, 1.82) is 0 Å². The Balaban J connectivity index is 0.00000289. The van der Waals surface area contributed by atoms with Crippen molar-refractivity contribution in [2.24, 2.45) is 10.7 Å². The van der Waals surface area contributed by atoms with Gasteiger partial charge in [-0.1, -0.05) is 30.3 Å². The summed E-state index contributed by atoms with van der Waals surface area (Å²) in [4.78, 5) is 6.14. The Labute approximate surface area is 127 Å². The fraction of sp³-hybridized carbons (Fsp3) is 0.462. The van der Waals surface area contributed by atoms with E-state index in [1.165, 1.54) is 5.56 Å². The Hall–Kier alpha value is -0.820. The van der Waals surface area contributed by atoms with Crippen LogP contribution in [0.1, 0.15) is 12.0 Å². The van der Waals surface area contributed by atoms with Gasteiger partial charge < -0.3 is 16.0 Å². The van der Waals surface area contributed by atoms with Crippen molar-refractivity contribution < 1.29 is 0 Å². The summed E-state index contributed by atoms with van der Waals surface area (Å²) < 4.78 is 0. The van der Waals surface area contributed by atoms with Gasteiger partial charge in [-0.05, 0) is 25.6 Å². The number of halogens is 1. The molecule has 0 aliphatic carbocycles.